The van der Waals surface area contributed by atoms with E-state index in [0.717, 1.165) is 37.2 Å². The fourth-order valence-electron chi connectivity index (χ4n) is 5.50. The number of nitrogens with one attached hydrogen (secondary N) is 1. The molecule has 1 aliphatic carbocycles. The van der Waals surface area contributed by atoms with Gasteiger partial charge in [0, 0.05) is 36.9 Å². The molecule has 0 unspecified atom stereocenters. The predicted molar refractivity (Wildman–Crippen MR) is 179 cm³/mol. The maximum absolute atomic E-state index is 13.1. The second-order valence-electron chi connectivity index (χ2n) is 13.3. The minimum Gasteiger partial charge on any atom is -0.471 e. The summed E-state index contributed by atoms with van der Waals surface area (Å²) >= 11 is 0. The summed E-state index contributed by atoms with van der Waals surface area (Å²) in [6.07, 6.45) is 5.01. The number of methoxy groups -OCH3 is 1. The molecule has 1 aromatic carbocycles. The highest BCUT2D eigenvalue weighted by atomic mass is 16.5. The smallest absolute Gasteiger partial charge is 0.292 e. The van der Waals surface area contributed by atoms with Crippen molar-refractivity contribution in [1.29, 1.82) is 0 Å². The van der Waals surface area contributed by atoms with E-state index < -0.39 is 0 Å². The first kappa shape index (κ1) is 43.3. The van der Waals surface area contributed by atoms with Crippen LogP contribution in [0, 0.1) is 23.7 Å². The maximum atomic E-state index is 13.1. The molecule has 1 saturated carbocycles. The van der Waals surface area contributed by atoms with Gasteiger partial charge in [0.2, 0.25) is 11.8 Å². The van der Waals surface area contributed by atoms with E-state index in [1.54, 1.807) is 11.9 Å². The Bertz CT molecular complexity index is 942. The Morgan fingerprint density at radius 1 is 1.02 bits per heavy atom. The van der Waals surface area contributed by atoms with Crippen LogP contribution in [0.25, 0.3) is 0 Å². The average molecular weight is 622 g/mol. The van der Waals surface area contributed by atoms with Gasteiger partial charge in [-0.25, -0.2) is 0 Å². The number of benzene rings is 1. The minimum atomic E-state index is -0.343. The normalized spacial score (nSPS) is 14.3. The SMILES string of the molecule is CC(C)C.CC[C@H](C(=O)NCC(=O)N(C)[C@H](CN(C)CC(=O)C1CCCC1)C(C)C)C(C)(C)c1ccccc1.COC=O.O. The Balaban J connectivity index is 0. The van der Waals surface area contributed by atoms with Crippen molar-refractivity contribution in [2.24, 2.45) is 23.7 Å². The highest BCUT2D eigenvalue weighted by molar-refractivity contribution is 5.86. The van der Waals surface area contributed by atoms with E-state index in [-0.39, 0.29) is 53.0 Å². The summed E-state index contributed by atoms with van der Waals surface area (Å²) in [4.78, 5) is 51.5. The van der Waals surface area contributed by atoms with Gasteiger partial charge in [0.05, 0.1) is 20.2 Å². The van der Waals surface area contributed by atoms with Crippen molar-refractivity contribution in [3.05, 3.63) is 35.9 Å². The number of hydrogen-bond donors (Lipinski definition) is 1. The number of hydrogen-bond acceptors (Lipinski definition) is 6. The highest BCUT2D eigenvalue weighted by Crippen LogP contribution is 2.34. The molecule has 0 aromatic heterocycles. The van der Waals surface area contributed by atoms with Crippen molar-refractivity contribution < 1.29 is 29.4 Å². The molecule has 44 heavy (non-hydrogen) atoms. The number of likely N-dealkylation sites (N-methyl/N-ethyl adjacent to an activating group) is 2. The molecule has 254 valence electrons. The van der Waals surface area contributed by atoms with Gasteiger partial charge in [-0.3, -0.25) is 24.1 Å². The van der Waals surface area contributed by atoms with E-state index in [2.05, 4.69) is 70.7 Å². The van der Waals surface area contributed by atoms with Gasteiger partial charge in [-0.2, -0.15) is 0 Å². The molecule has 0 saturated heterocycles. The number of Topliss-reactive ketones (excluding diaryl/α,β-unsaturated/α-hetero) is 1. The van der Waals surface area contributed by atoms with Crippen LogP contribution in [-0.2, 0) is 29.3 Å². The zero-order valence-electron chi connectivity index (χ0n) is 29.4. The Morgan fingerprint density at radius 3 is 1.95 bits per heavy atom. The largest absolute Gasteiger partial charge is 0.471 e. The van der Waals surface area contributed by atoms with Crippen molar-refractivity contribution in [3.63, 3.8) is 0 Å². The van der Waals surface area contributed by atoms with Gasteiger partial charge in [-0.1, -0.05) is 98.6 Å². The highest BCUT2D eigenvalue weighted by Gasteiger charge is 2.35. The molecule has 0 aliphatic heterocycles. The number of carbonyl (C=O) groups is 4. The summed E-state index contributed by atoms with van der Waals surface area (Å²) in [7, 11) is 5.07. The number of nitrogens with zero attached hydrogens (tertiary/aromatic N) is 2. The van der Waals surface area contributed by atoms with E-state index in [0.29, 0.717) is 31.8 Å². The molecule has 3 N–H and O–H groups in total. The van der Waals surface area contributed by atoms with E-state index in [9.17, 15) is 14.4 Å². The van der Waals surface area contributed by atoms with E-state index in [4.69, 9.17) is 4.79 Å². The molecule has 0 spiro atoms. The lowest BCUT2D eigenvalue weighted by Crippen LogP contribution is -2.51. The van der Waals surface area contributed by atoms with E-state index in [1.807, 2.05) is 37.1 Å². The molecule has 9 heteroatoms. The number of ether oxygens (including phenoxy) is 1. The molecular formula is C35H63N3O6. The monoisotopic (exact) mass is 621 g/mol. The van der Waals surface area contributed by atoms with Crippen LogP contribution in [-0.4, -0.2) is 86.2 Å². The molecule has 1 aliphatic rings. The number of ketones is 1. The second kappa shape index (κ2) is 22.7. The fourth-order valence-corrected chi connectivity index (χ4v) is 5.50. The molecule has 2 rings (SSSR count). The minimum absolute atomic E-state index is 0. The van der Waals surface area contributed by atoms with E-state index >= 15 is 0 Å². The van der Waals surface area contributed by atoms with Crippen LogP contribution in [0.2, 0.25) is 0 Å². The van der Waals surface area contributed by atoms with Crippen molar-refractivity contribution >= 4 is 24.1 Å². The average Bonchev–Trinajstić information content (AvgIpc) is 3.50. The predicted octanol–water partition coefficient (Wildman–Crippen LogP) is 4.91. The molecule has 2 amide bonds. The van der Waals surface area contributed by atoms with Crippen molar-refractivity contribution in [2.45, 2.75) is 99.0 Å². The van der Waals surface area contributed by atoms with E-state index in [1.165, 1.54) is 7.11 Å². The van der Waals surface area contributed by atoms with Gasteiger partial charge >= 0.3 is 0 Å². The summed E-state index contributed by atoms with van der Waals surface area (Å²) < 4.78 is 3.86. The third kappa shape index (κ3) is 15.8. The lowest BCUT2D eigenvalue weighted by atomic mass is 9.71. The molecular weight excluding hydrogens is 558 g/mol. The molecule has 0 radical (unpaired) electrons. The fraction of sp³-hybridized carbons (Fsp3) is 0.714. The lowest BCUT2D eigenvalue weighted by Gasteiger charge is -2.35. The Labute approximate surface area is 267 Å². The number of carbonyl (C=O) groups excluding carboxylic acids is 4. The molecule has 2 atom stereocenters. The number of rotatable bonds is 14. The van der Waals surface area contributed by atoms with Crippen LogP contribution < -0.4 is 5.32 Å². The summed E-state index contributed by atoms with van der Waals surface area (Å²) in [6, 6.07) is 10.0. The van der Waals surface area contributed by atoms with Crippen molar-refractivity contribution in [3.8, 4) is 0 Å². The molecule has 9 nitrogen and oxygen atoms in total. The summed E-state index contributed by atoms with van der Waals surface area (Å²) in [5.41, 5.74) is 0.768. The standard InChI is InChI=1S/C29H47N3O3.C4H10.C2H4O2.H2O/c1-8-24(29(4,5)23-16-10-9-11-17-23)28(35)30-18-27(34)32(7)25(21(2)3)19-31(6)20-26(33)22-14-12-13-15-22;1-4(2)3;1-4-2-3;/h9-11,16-17,21-22,24-25H,8,12-15,18-20H2,1-7H3,(H,30,35);4H,1-3H3;2H,1H3;1H2/t24-,25-;;;/m1.../s1. The van der Waals surface area contributed by atoms with Crippen LogP contribution in [0.1, 0.15) is 93.1 Å². The maximum Gasteiger partial charge on any atom is 0.292 e. The Hall–Kier alpha value is -2.78. The van der Waals surface area contributed by atoms with Gasteiger partial charge < -0.3 is 20.4 Å². The summed E-state index contributed by atoms with van der Waals surface area (Å²) in [5.74, 6) is 1.14. The second-order valence-corrected chi connectivity index (χ2v) is 13.3. The first-order chi connectivity index (χ1) is 20.1. The van der Waals surface area contributed by atoms with Gasteiger partial charge in [0.25, 0.3) is 6.47 Å². The Kier molecular flexibility index (Phi) is 22.4. The zero-order valence-corrected chi connectivity index (χ0v) is 29.4. The molecule has 1 aromatic rings. The van der Waals surface area contributed by atoms with Gasteiger partial charge in [0.15, 0.2) is 0 Å². The number of amides is 2. The first-order valence-electron chi connectivity index (χ1n) is 15.9. The summed E-state index contributed by atoms with van der Waals surface area (Å²) in [6.45, 7) is 18.3. The van der Waals surface area contributed by atoms with Crippen molar-refractivity contribution in [2.75, 3.05) is 40.8 Å². The molecule has 1 fully saturated rings. The van der Waals surface area contributed by atoms with Gasteiger partial charge in [0.1, 0.15) is 5.78 Å². The van der Waals surface area contributed by atoms with Crippen LogP contribution in [0.5, 0.6) is 0 Å². The quantitative estimate of drug-likeness (QED) is 0.294. The topological polar surface area (TPSA) is 128 Å². The molecule has 0 bridgehead atoms. The van der Waals surface area contributed by atoms with Crippen LogP contribution >= 0.6 is 0 Å². The summed E-state index contributed by atoms with van der Waals surface area (Å²) in [5, 5.41) is 2.91. The van der Waals surface area contributed by atoms with Crippen LogP contribution in [0.4, 0.5) is 0 Å². The first-order valence-corrected chi connectivity index (χ1v) is 15.9. The Morgan fingerprint density at radius 2 is 1.52 bits per heavy atom. The lowest BCUT2D eigenvalue weighted by molar-refractivity contribution is -0.136. The van der Waals surface area contributed by atoms with Crippen molar-refractivity contribution in [1.82, 2.24) is 15.1 Å². The van der Waals surface area contributed by atoms with Gasteiger partial charge in [-0.15, -0.1) is 0 Å². The van der Waals surface area contributed by atoms with Crippen LogP contribution in [0.15, 0.2) is 30.3 Å². The van der Waals surface area contributed by atoms with Crippen LogP contribution in [0.3, 0.4) is 0 Å². The third-order valence-electron chi connectivity index (χ3n) is 8.02. The molecule has 0 heterocycles. The van der Waals surface area contributed by atoms with Gasteiger partial charge in [-0.05, 0) is 43.7 Å². The zero-order chi connectivity index (χ0) is 33.2. The third-order valence-corrected chi connectivity index (χ3v) is 8.02.